The van der Waals surface area contributed by atoms with Crippen LogP contribution in [0.2, 0.25) is 25.7 Å². The third-order valence-corrected chi connectivity index (χ3v) is 7.95. The molecule has 1 fully saturated rings. The summed E-state index contributed by atoms with van der Waals surface area (Å²) in [5.74, 6) is 0.376. The quantitative estimate of drug-likeness (QED) is 0.401. The van der Waals surface area contributed by atoms with E-state index < -0.39 is 32.6 Å². The van der Waals surface area contributed by atoms with Crippen molar-refractivity contribution in [2.45, 2.75) is 50.2 Å². The molecule has 11 heteroatoms. The Labute approximate surface area is 201 Å². The first-order chi connectivity index (χ1) is 15.7. The molecule has 3 heterocycles. The van der Waals surface area contributed by atoms with Gasteiger partial charge in [-0.15, -0.1) is 0 Å². The molecule has 4 rings (SSSR count). The van der Waals surface area contributed by atoms with Gasteiger partial charge in [0.05, 0.1) is 32.8 Å². The smallest absolute Gasteiger partial charge is 0.245 e. The minimum absolute atomic E-state index is 0.114. The highest BCUT2D eigenvalue weighted by atomic mass is 79.9. The van der Waals surface area contributed by atoms with Crippen LogP contribution in [0.1, 0.15) is 5.56 Å². The summed E-state index contributed by atoms with van der Waals surface area (Å²) in [6.45, 7) is 7.32. The zero-order chi connectivity index (χ0) is 23.6. The van der Waals surface area contributed by atoms with Gasteiger partial charge in [-0.05, 0) is 23.7 Å². The Morgan fingerprint density at radius 1 is 1.21 bits per heavy atom. The summed E-state index contributed by atoms with van der Waals surface area (Å²) in [5.41, 5.74) is 0.363. The van der Waals surface area contributed by atoms with E-state index in [1.165, 1.54) is 12.7 Å². The van der Waals surface area contributed by atoms with Crippen LogP contribution in [0.5, 0.6) is 5.88 Å². The number of benzene rings is 1. The van der Waals surface area contributed by atoms with E-state index in [-0.39, 0.29) is 6.61 Å². The van der Waals surface area contributed by atoms with E-state index in [0.717, 1.165) is 16.1 Å². The highest BCUT2D eigenvalue weighted by molar-refractivity contribution is 9.10. The van der Waals surface area contributed by atoms with Gasteiger partial charge in [0.2, 0.25) is 5.88 Å². The number of hydrogen-bond acceptors (Lipinski definition) is 8. The zero-order valence-corrected chi connectivity index (χ0v) is 21.5. The predicted octanol–water partition coefficient (Wildman–Crippen LogP) is 2.93. The van der Waals surface area contributed by atoms with Crippen molar-refractivity contribution in [3.05, 3.63) is 47.0 Å². The molecular formula is C22H29BrN4O5Si. The highest BCUT2D eigenvalue weighted by Crippen LogP contribution is 2.36. The van der Waals surface area contributed by atoms with Crippen molar-refractivity contribution in [3.63, 3.8) is 0 Å². The second-order valence-corrected chi connectivity index (χ2v) is 15.9. The van der Waals surface area contributed by atoms with E-state index in [1.54, 1.807) is 4.57 Å². The Kier molecular flexibility index (Phi) is 7.17. The Balaban J connectivity index is 1.53. The minimum Gasteiger partial charge on any atom is -0.476 e. The van der Waals surface area contributed by atoms with Gasteiger partial charge in [-0.2, -0.15) is 4.98 Å². The van der Waals surface area contributed by atoms with E-state index in [0.29, 0.717) is 30.3 Å². The topological polar surface area (TPSA) is 112 Å². The largest absolute Gasteiger partial charge is 0.476 e. The number of ether oxygens (including phenoxy) is 3. The van der Waals surface area contributed by atoms with E-state index in [9.17, 15) is 10.2 Å². The molecular weight excluding hydrogens is 508 g/mol. The zero-order valence-electron chi connectivity index (χ0n) is 18.9. The van der Waals surface area contributed by atoms with Gasteiger partial charge in [0.1, 0.15) is 18.5 Å². The maximum Gasteiger partial charge on any atom is 0.245 e. The second kappa shape index (κ2) is 9.77. The van der Waals surface area contributed by atoms with Crippen LogP contribution in [0.15, 0.2) is 41.4 Å². The second-order valence-electron chi connectivity index (χ2n) is 9.36. The van der Waals surface area contributed by atoms with Crippen molar-refractivity contribution in [2.24, 2.45) is 0 Å². The van der Waals surface area contributed by atoms with Crippen LogP contribution in [0.4, 0.5) is 0 Å². The van der Waals surface area contributed by atoms with Crippen LogP contribution in [0.25, 0.3) is 11.2 Å². The minimum atomic E-state index is -1.47. The molecule has 1 saturated heterocycles. The van der Waals surface area contributed by atoms with Crippen LogP contribution in [0, 0.1) is 0 Å². The number of halogens is 1. The maximum absolute atomic E-state index is 11.1. The highest BCUT2D eigenvalue weighted by Gasteiger charge is 2.52. The molecule has 33 heavy (non-hydrogen) atoms. The van der Waals surface area contributed by atoms with Crippen molar-refractivity contribution in [1.82, 2.24) is 19.5 Å². The van der Waals surface area contributed by atoms with Gasteiger partial charge in [0.15, 0.2) is 16.9 Å². The Morgan fingerprint density at radius 3 is 2.67 bits per heavy atom. The van der Waals surface area contributed by atoms with E-state index in [1.807, 2.05) is 24.3 Å². The standard InChI is InChI=1S/C22H29BrN4O5Si/c1-33(2,3)9-8-30-21-18-20(24-13-25-21)27(14-26-18)22(12-28)19(29)17(11-32-22)31-10-15-4-6-16(23)7-5-15/h4-7,13-14,17,19,28-29H,8-12H2,1-3H3/t17-,19-,22-/m0/s1. The first-order valence-electron chi connectivity index (χ1n) is 10.8. The fourth-order valence-electron chi connectivity index (χ4n) is 3.69. The van der Waals surface area contributed by atoms with Crippen molar-refractivity contribution in [3.8, 4) is 5.88 Å². The summed E-state index contributed by atoms with van der Waals surface area (Å²) in [7, 11) is -1.26. The molecule has 0 bridgehead atoms. The number of fused-ring (bicyclic) bond motifs is 1. The van der Waals surface area contributed by atoms with E-state index in [2.05, 4.69) is 50.5 Å². The molecule has 0 aliphatic carbocycles. The van der Waals surface area contributed by atoms with E-state index >= 15 is 0 Å². The van der Waals surface area contributed by atoms with Gasteiger partial charge in [-0.1, -0.05) is 47.7 Å². The summed E-state index contributed by atoms with van der Waals surface area (Å²) in [6, 6.07) is 8.72. The Hall–Kier alpha value is -1.89. The van der Waals surface area contributed by atoms with Gasteiger partial charge < -0.3 is 24.4 Å². The van der Waals surface area contributed by atoms with Crippen molar-refractivity contribution < 1.29 is 24.4 Å². The summed E-state index contributed by atoms with van der Waals surface area (Å²) < 4.78 is 20.3. The molecule has 1 aliphatic heterocycles. The first kappa shape index (κ1) is 24.2. The normalized spacial score (nSPS) is 23.3. The number of aromatic nitrogens is 4. The van der Waals surface area contributed by atoms with Crippen LogP contribution in [0.3, 0.4) is 0 Å². The van der Waals surface area contributed by atoms with Crippen LogP contribution in [-0.2, 0) is 21.8 Å². The summed E-state index contributed by atoms with van der Waals surface area (Å²) in [4.78, 5) is 13.0. The van der Waals surface area contributed by atoms with Crippen molar-refractivity contribution >= 4 is 35.2 Å². The molecule has 1 aromatic carbocycles. The van der Waals surface area contributed by atoms with Gasteiger partial charge in [-0.3, -0.25) is 4.57 Å². The van der Waals surface area contributed by atoms with Crippen LogP contribution < -0.4 is 4.74 Å². The number of imidazole rings is 1. The van der Waals surface area contributed by atoms with Gasteiger partial charge in [-0.25, -0.2) is 9.97 Å². The lowest BCUT2D eigenvalue weighted by Crippen LogP contribution is -2.48. The number of aliphatic hydroxyl groups is 2. The molecule has 2 N–H and O–H groups in total. The number of rotatable bonds is 9. The lowest BCUT2D eigenvalue weighted by molar-refractivity contribution is -0.152. The lowest BCUT2D eigenvalue weighted by Gasteiger charge is -2.32. The number of aliphatic hydroxyl groups excluding tert-OH is 2. The molecule has 3 aromatic rings. The van der Waals surface area contributed by atoms with Crippen molar-refractivity contribution in [2.75, 3.05) is 19.8 Å². The molecule has 0 amide bonds. The molecule has 0 radical (unpaired) electrons. The third kappa shape index (κ3) is 5.13. The van der Waals surface area contributed by atoms with Crippen LogP contribution >= 0.6 is 15.9 Å². The summed E-state index contributed by atoms with van der Waals surface area (Å²) in [6.07, 6.45) is 1.11. The Morgan fingerprint density at radius 2 is 1.97 bits per heavy atom. The van der Waals surface area contributed by atoms with Gasteiger partial charge >= 0.3 is 0 Å². The molecule has 3 atom stereocenters. The van der Waals surface area contributed by atoms with Crippen molar-refractivity contribution in [1.29, 1.82) is 0 Å². The first-order valence-corrected chi connectivity index (χ1v) is 15.3. The van der Waals surface area contributed by atoms with E-state index in [4.69, 9.17) is 14.2 Å². The summed E-state index contributed by atoms with van der Waals surface area (Å²) >= 11 is 3.41. The lowest BCUT2D eigenvalue weighted by atomic mass is 10.1. The molecule has 2 aromatic heterocycles. The SMILES string of the molecule is C[Si](C)(C)CCOc1ncnc2c1ncn2[C@@]1(CO)OC[C@H](OCc2ccc(Br)cc2)[C@@H]1O. The number of nitrogens with zero attached hydrogens (tertiary/aromatic N) is 4. The molecule has 178 valence electrons. The third-order valence-electron chi connectivity index (χ3n) is 5.71. The van der Waals surface area contributed by atoms with Crippen LogP contribution in [-0.4, -0.2) is 69.8 Å². The van der Waals surface area contributed by atoms with Gasteiger partial charge in [0.25, 0.3) is 0 Å². The monoisotopic (exact) mass is 536 g/mol. The van der Waals surface area contributed by atoms with Gasteiger partial charge in [0, 0.05) is 12.5 Å². The molecule has 0 spiro atoms. The molecule has 0 saturated carbocycles. The fourth-order valence-corrected chi connectivity index (χ4v) is 4.67. The fraction of sp³-hybridized carbons (Fsp3) is 0.500. The molecule has 1 aliphatic rings. The Bertz CT molecular complexity index is 1090. The predicted molar refractivity (Wildman–Crippen MR) is 129 cm³/mol. The average molecular weight is 537 g/mol. The maximum atomic E-state index is 11.1. The molecule has 9 nitrogen and oxygen atoms in total. The molecule has 0 unspecified atom stereocenters. The number of hydrogen-bond donors (Lipinski definition) is 2. The summed E-state index contributed by atoms with van der Waals surface area (Å²) in [5, 5.41) is 21.4. The average Bonchev–Trinajstić information content (AvgIpc) is 3.35.